The molecule has 2 heteroatoms. The molecule has 2 nitrogen and oxygen atoms in total. The number of hydrogen-bond donors (Lipinski definition) is 0. The Morgan fingerprint density at radius 3 is 2.53 bits per heavy atom. The van der Waals surface area contributed by atoms with Gasteiger partial charge in [-0.05, 0) is 18.6 Å². The van der Waals surface area contributed by atoms with Crippen molar-refractivity contribution in [3.8, 4) is 5.75 Å². The summed E-state index contributed by atoms with van der Waals surface area (Å²) in [5.74, 6) is 0.803. The maximum atomic E-state index is 11.1. The first-order valence-electron chi connectivity index (χ1n) is 5.45. The summed E-state index contributed by atoms with van der Waals surface area (Å²) in [5, 5.41) is 0. The van der Waals surface area contributed by atoms with Gasteiger partial charge in [0.25, 0.3) is 0 Å². The number of carbonyl (C=O) groups excluding carboxylic acids is 1. The second kappa shape index (κ2) is 5.30. The van der Waals surface area contributed by atoms with Crippen LogP contribution >= 0.6 is 0 Å². The van der Waals surface area contributed by atoms with E-state index in [4.69, 9.17) is 4.74 Å². The molecule has 0 saturated heterocycles. The van der Waals surface area contributed by atoms with Crippen LogP contribution in [0.15, 0.2) is 48.5 Å². The molecule has 2 rings (SSSR count). The molecule has 17 heavy (non-hydrogen) atoms. The molecule has 1 radical (unpaired) electrons. The first kappa shape index (κ1) is 11.4. The molecule has 0 saturated carbocycles. The lowest BCUT2D eigenvalue weighted by Crippen LogP contribution is -1.97. The number of benzene rings is 2. The lowest BCUT2D eigenvalue weighted by molar-refractivity contribution is 0.101. The molecule has 85 valence electrons. The molecule has 0 aliphatic heterocycles. The Morgan fingerprint density at radius 2 is 1.94 bits per heavy atom. The summed E-state index contributed by atoms with van der Waals surface area (Å²) in [4.78, 5) is 11.1. The highest BCUT2D eigenvalue weighted by molar-refractivity contribution is 5.93. The van der Waals surface area contributed by atoms with E-state index >= 15 is 0 Å². The van der Waals surface area contributed by atoms with Crippen molar-refractivity contribution in [2.75, 3.05) is 0 Å². The number of para-hydroxylation sites is 1. The van der Waals surface area contributed by atoms with Gasteiger partial charge < -0.3 is 4.74 Å². The van der Waals surface area contributed by atoms with Gasteiger partial charge in [0.1, 0.15) is 12.4 Å². The van der Waals surface area contributed by atoms with E-state index < -0.39 is 0 Å². The van der Waals surface area contributed by atoms with Gasteiger partial charge in [0.2, 0.25) is 0 Å². The fraction of sp³-hybridized carbons (Fsp3) is 0.133. The number of hydrogen-bond acceptors (Lipinski definition) is 2. The second-order valence-electron chi connectivity index (χ2n) is 3.77. The monoisotopic (exact) mass is 225 g/mol. The fourth-order valence-corrected chi connectivity index (χ4v) is 1.46. The highest BCUT2D eigenvalue weighted by Gasteiger charge is 1.99. The average Bonchev–Trinajstić information content (AvgIpc) is 2.38. The Bertz CT molecular complexity index is 486. The molecular formula is C15H13O2. The van der Waals surface area contributed by atoms with E-state index in [9.17, 15) is 4.79 Å². The van der Waals surface area contributed by atoms with Crippen LogP contribution in [-0.4, -0.2) is 5.78 Å². The van der Waals surface area contributed by atoms with Crippen LogP contribution in [-0.2, 0) is 6.61 Å². The van der Waals surface area contributed by atoms with E-state index in [2.05, 4.69) is 6.07 Å². The zero-order chi connectivity index (χ0) is 12.1. The van der Waals surface area contributed by atoms with Crippen molar-refractivity contribution in [2.24, 2.45) is 0 Å². The van der Waals surface area contributed by atoms with Crippen LogP contribution in [0.3, 0.4) is 0 Å². The minimum Gasteiger partial charge on any atom is -0.488 e. The zero-order valence-electron chi connectivity index (χ0n) is 9.64. The van der Waals surface area contributed by atoms with Gasteiger partial charge in [-0.2, -0.15) is 0 Å². The Hall–Kier alpha value is -2.09. The zero-order valence-corrected chi connectivity index (χ0v) is 9.64. The number of carbonyl (C=O) groups is 1. The molecule has 2 aromatic rings. The van der Waals surface area contributed by atoms with E-state index in [1.807, 2.05) is 48.5 Å². The van der Waals surface area contributed by atoms with E-state index in [0.29, 0.717) is 6.61 Å². The van der Waals surface area contributed by atoms with Crippen molar-refractivity contribution < 1.29 is 9.53 Å². The van der Waals surface area contributed by atoms with Crippen molar-refractivity contribution in [2.45, 2.75) is 13.5 Å². The molecule has 0 atom stereocenters. The highest BCUT2D eigenvalue weighted by atomic mass is 16.5. The molecular weight excluding hydrogens is 212 g/mol. The molecule has 0 aliphatic rings. The molecule has 0 aromatic heterocycles. The molecule has 2 aromatic carbocycles. The largest absolute Gasteiger partial charge is 0.488 e. The Labute approximate surface area is 101 Å². The predicted octanol–water partition coefficient (Wildman–Crippen LogP) is 3.27. The van der Waals surface area contributed by atoms with Gasteiger partial charge >= 0.3 is 0 Å². The summed E-state index contributed by atoms with van der Waals surface area (Å²) in [7, 11) is 0. The topological polar surface area (TPSA) is 26.3 Å². The third-order valence-corrected chi connectivity index (χ3v) is 2.44. The van der Waals surface area contributed by atoms with Crippen molar-refractivity contribution >= 4 is 5.78 Å². The van der Waals surface area contributed by atoms with E-state index in [1.54, 1.807) is 6.92 Å². The second-order valence-corrected chi connectivity index (χ2v) is 3.77. The van der Waals surface area contributed by atoms with Gasteiger partial charge in [-0.25, -0.2) is 0 Å². The first-order valence-corrected chi connectivity index (χ1v) is 5.45. The third kappa shape index (κ3) is 3.18. The Kier molecular flexibility index (Phi) is 3.55. The van der Waals surface area contributed by atoms with E-state index in [1.165, 1.54) is 0 Å². The molecule has 0 amide bonds. The predicted molar refractivity (Wildman–Crippen MR) is 66.1 cm³/mol. The summed E-state index contributed by atoms with van der Waals surface area (Å²) in [6.45, 7) is 2.04. The van der Waals surface area contributed by atoms with Crippen molar-refractivity contribution in [3.05, 3.63) is 65.7 Å². The number of ketones is 1. The van der Waals surface area contributed by atoms with Gasteiger partial charge in [-0.1, -0.05) is 42.5 Å². The molecule has 0 fully saturated rings. The van der Waals surface area contributed by atoms with Crippen LogP contribution < -0.4 is 4.74 Å². The third-order valence-electron chi connectivity index (χ3n) is 2.44. The average molecular weight is 225 g/mol. The molecule has 0 bridgehead atoms. The van der Waals surface area contributed by atoms with Crippen molar-refractivity contribution in [1.82, 2.24) is 0 Å². The van der Waals surface area contributed by atoms with Crippen LogP contribution in [0.5, 0.6) is 5.75 Å². The van der Waals surface area contributed by atoms with Gasteiger partial charge in [0, 0.05) is 11.6 Å². The Balaban J connectivity index is 1.98. The van der Waals surface area contributed by atoms with Crippen LogP contribution in [0.25, 0.3) is 0 Å². The standard InChI is InChI=1S/C15H13O2/c1-12(16)14-9-7-13(8-10-14)11-17-15-5-3-2-4-6-15/h2-5,7-10H,11H2,1H3. The van der Waals surface area contributed by atoms with E-state index in [0.717, 1.165) is 16.9 Å². The minimum atomic E-state index is 0.0776. The lowest BCUT2D eigenvalue weighted by atomic mass is 10.1. The Morgan fingerprint density at radius 1 is 1.18 bits per heavy atom. The number of ether oxygens (including phenoxy) is 1. The lowest BCUT2D eigenvalue weighted by Gasteiger charge is -2.05. The van der Waals surface area contributed by atoms with Crippen LogP contribution in [0.4, 0.5) is 0 Å². The number of rotatable bonds is 4. The molecule has 0 spiro atoms. The summed E-state index contributed by atoms with van der Waals surface area (Å²) >= 11 is 0. The molecule has 0 N–H and O–H groups in total. The molecule has 0 unspecified atom stereocenters. The highest BCUT2D eigenvalue weighted by Crippen LogP contribution is 2.11. The van der Waals surface area contributed by atoms with Crippen LogP contribution in [0, 0.1) is 6.07 Å². The minimum absolute atomic E-state index is 0.0776. The SMILES string of the molecule is CC(=O)c1ccc(COc2[c]cccc2)cc1. The number of Topliss-reactive ketones (excluding diaryl/α,β-unsaturated/α-hetero) is 1. The smallest absolute Gasteiger partial charge is 0.159 e. The maximum Gasteiger partial charge on any atom is 0.159 e. The van der Waals surface area contributed by atoms with Gasteiger partial charge in [0.15, 0.2) is 5.78 Å². The molecule has 0 heterocycles. The first-order chi connectivity index (χ1) is 8.25. The molecule has 0 aliphatic carbocycles. The summed E-state index contributed by atoms with van der Waals surface area (Å²) < 4.78 is 5.55. The van der Waals surface area contributed by atoms with Gasteiger partial charge in [-0.15, -0.1) is 0 Å². The van der Waals surface area contributed by atoms with Crippen molar-refractivity contribution in [3.63, 3.8) is 0 Å². The maximum absolute atomic E-state index is 11.1. The van der Waals surface area contributed by atoms with Crippen LogP contribution in [0.2, 0.25) is 0 Å². The normalized spacial score (nSPS) is 9.94. The van der Waals surface area contributed by atoms with Crippen molar-refractivity contribution in [1.29, 1.82) is 0 Å². The van der Waals surface area contributed by atoms with Gasteiger partial charge in [0.05, 0.1) is 0 Å². The van der Waals surface area contributed by atoms with Gasteiger partial charge in [-0.3, -0.25) is 4.79 Å². The van der Waals surface area contributed by atoms with E-state index in [-0.39, 0.29) is 5.78 Å². The summed E-state index contributed by atoms with van der Waals surface area (Å²) in [5.41, 5.74) is 1.76. The van der Waals surface area contributed by atoms with Crippen LogP contribution in [0.1, 0.15) is 22.8 Å². The quantitative estimate of drug-likeness (QED) is 0.746. The fourth-order valence-electron chi connectivity index (χ4n) is 1.46. The summed E-state index contributed by atoms with van der Waals surface area (Å²) in [6.07, 6.45) is 0. The summed E-state index contributed by atoms with van der Waals surface area (Å²) in [6, 6.07) is 17.9.